The second kappa shape index (κ2) is 9.76. The summed E-state index contributed by atoms with van der Waals surface area (Å²) in [7, 11) is 1.99. The second-order valence-corrected chi connectivity index (χ2v) is 4.33. The zero-order valence-corrected chi connectivity index (χ0v) is 10.8. The standard InChI is InChI=1S/C11H26N2O4/c1-3-12(2)4-5-13(6-10(16)8-14)7-11(17)9-15/h10-11,14-17H,3-9H2,1-2H3. The van der Waals surface area contributed by atoms with E-state index in [1.165, 1.54) is 0 Å². The number of aliphatic hydroxyl groups excluding tert-OH is 4. The highest BCUT2D eigenvalue weighted by Gasteiger charge is 2.15. The summed E-state index contributed by atoms with van der Waals surface area (Å²) in [6.07, 6.45) is -1.62. The van der Waals surface area contributed by atoms with Crippen molar-refractivity contribution < 1.29 is 20.4 Å². The minimum Gasteiger partial charge on any atom is -0.394 e. The molecule has 0 aliphatic rings. The minimum absolute atomic E-state index is 0.296. The number of hydrogen-bond donors (Lipinski definition) is 4. The van der Waals surface area contributed by atoms with Gasteiger partial charge >= 0.3 is 0 Å². The Kier molecular flexibility index (Phi) is 9.62. The monoisotopic (exact) mass is 250 g/mol. The first-order valence-corrected chi connectivity index (χ1v) is 6.02. The highest BCUT2D eigenvalue weighted by molar-refractivity contribution is 4.69. The molecule has 0 saturated heterocycles. The van der Waals surface area contributed by atoms with Gasteiger partial charge in [0.25, 0.3) is 0 Å². The average molecular weight is 250 g/mol. The van der Waals surface area contributed by atoms with E-state index in [1.54, 1.807) is 0 Å². The molecule has 104 valence electrons. The van der Waals surface area contributed by atoms with Gasteiger partial charge in [0, 0.05) is 26.2 Å². The second-order valence-electron chi connectivity index (χ2n) is 4.33. The fourth-order valence-corrected chi connectivity index (χ4v) is 1.44. The highest BCUT2D eigenvalue weighted by atomic mass is 16.3. The van der Waals surface area contributed by atoms with Gasteiger partial charge < -0.3 is 25.3 Å². The van der Waals surface area contributed by atoms with Gasteiger partial charge in [0.15, 0.2) is 0 Å². The Morgan fingerprint density at radius 3 is 1.76 bits per heavy atom. The lowest BCUT2D eigenvalue weighted by atomic mass is 10.2. The first-order chi connectivity index (χ1) is 8.03. The Balaban J connectivity index is 4.09. The molecule has 0 rings (SSSR count). The SMILES string of the molecule is CCN(C)CCN(CC(O)CO)CC(O)CO. The summed E-state index contributed by atoms with van der Waals surface area (Å²) >= 11 is 0. The molecule has 0 amide bonds. The van der Waals surface area contributed by atoms with E-state index in [1.807, 2.05) is 11.9 Å². The van der Waals surface area contributed by atoms with Crippen LogP contribution in [0.15, 0.2) is 0 Å². The molecule has 0 aromatic rings. The van der Waals surface area contributed by atoms with Crippen LogP contribution < -0.4 is 0 Å². The predicted molar refractivity (Wildman–Crippen MR) is 65.8 cm³/mol. The Labute approximate surface area is 103 Å². The number of likely N-dealkylation sites (N-methyl/N-ethyl adjacent to an activating group) is 1. The summed E-state index contributed by atoms with van der Waals surface area (Å²) in [5.74, 6) is 0. The highest BCUT2D eigenvalue weighted by Crippen LogP contribution is 1.97. The van der Waals surface area contributed by atoms with E-state index in [-0.39, 0.29) is 13.2 Å². The van der Waals surface area contributed by atoms with E-state index < -0.39 is 12.2 Å². The van der Waals surface area contributed by atoms with Crippen molar-refractivity contribution in [1.29, 1.82) is 0 Å². The number of aliphatic hydroxyl groups is 4. The summed E-state index contributed by atoms with van der Waals surface area (Å²) in [5.41, 5.74) is 0. The fourth-order valence-electron chi connectivity index (χ4n) is 1.44. The van der Waals surface area contributed by atoms with Crippen LogP contribution in [0.4, 0.5) is 0 Å². The van der Waals surface area contributed by atoms with Gasteiger partial charge in [-0.15, -0.1) is 0 Å². The molecule has 0 aliphatic carbocycles. The lowest BCUT2D eigenvalue weighted by molar-refractivity contribution is 0.0210. The molecule has 0 radical (unpaired) electrons. The molecule has 0 fully saturated rings. The smallest absolute Gasteiger partial charge is 0.0897 e. The molecule has 6 heteroatoms. The van der Waals surface area contributed by atoms with E-state index in [9.17, 15) is 10.2 Å². The first-order valence-electron chi connectivity index (χ1n) is 6.02. The fraction of sp³-hybridized carbons (Fsp3) is 1.00. The van der Waals surface area contributed by atoms with Crippen molar-refractivity contribution in [2.45, 2.75) is 19.1 Å². The molecule has 0 bridgehead atoms. The lowest BCUT2D eigenvalue weighted by Crippen LogP contribution is -2.43. The van der Waals surface area contributed by atoms with Crippen molar-refractivity contribution >= 4 is 0 Å². The van der Waals surface area contributed by atoms with Crippen LogP contribution in [-0.4, -0.2) is 95.4 Å². The number of nitrogens with zero attached hydrogens (tertiary/aromatic N) is 2. The van der Waals surface area contributed by atoms with Crippen molar-refractivity contribution in [3.05, 3.63) is 0 Å². The van der Waals surface area contributed by atoms with Gasteiger partial charge in [-0.05, 0) is 13.6 Å². The zero-order chi connectivity index (χ0) is 13.3. The molecule has 4 N–H and O–H groups in total. The molecule has 2 atom stereocenters. The number of hydrogen-bond acceptors (Lipinski definition) is 6. The molecule has 17 heavy (non-hydrogen) atoms. The van der Waals surface area contributed by atoms with Gasteiger partial charge in [0.1, 0.15) is 0 Å². The van der Waals surface area contributed by atoms with Crippen molar-refractivity contribution in [1.82, 2.24) is 9.80 Å². The molecule has 0 spiro atoms. The average Bonchev–Trinajstić information content (AvgIpc) is 2.34. The zero-order valence-electron chi connectivity index (χ0n) is 10.8. The molecule has 0 aromatic carbocycles. The maximum atomic E-state index is 9.39. The van der Waals surface area contributed by atoms with E-state index >= 15 is 0 Å². The van der Waals surface area contributed by atoms with E-state index in [4.69, 9.17) is 10.2 Å². The Morgan fingerprint density at radius 1 is 0.941 bits per heavy atom. The van der Waals surface area contributed by atoms with Crippen LogP contribution in [0.3, 0.4) is 0 Å². The summed E-state index contributed by atoms with van der Waals surface area (Å²) in [6.45, 7) is 4.47. The van der Waals surface area contributed by atoms with Gasteiger partial charge in [-0.2, -0.15) is 0 Å². The predicted octanol–water partition coefficient (Wildman–Crippen LogP) is -2.05. The summed E-state index contributed by atoms with van der Waals surface area (Å²) in [6, 6.07) is 0. The first kappa shape index (κ1) is 16.8. The molecule has 0 aromatic heterocycles. The molecule has 6 nitrogen and oxygen atoms in total. The third-order valence-electron chi connectivity index (χ3n) is 2.70. The Bertz CT molecular complexity index is 171. The van der Waals surface area contributed by atoms with Gasteiger partial charge in [0.2, 0.25) is 0 Å². The number of rotatable bonds is 10. The largest absolute Gasteiger partial charge is 0.394 e. The van der Waals surface area contributed by atoms with Crippen LogP contribution in [0, 0.1) is 0 Å². The van der Waals surface area contributed by atoms with Gasteiger partial charge in [-0.25, -0.2) is 0 Å². The van der Waals surface area contributed by atoms with Crippen LogP contribution in [0.5, 0.6) is 0 Å². The molecular weight excluding hydrogens is 224 g/mol. The maximum absolute atomic E-state index is 9.39. The van der Waals surface area contributed by atoms with E-state index in [0.29, 0.717) is 19.6 Å². The Hall–Kier alpha value is -0.240. The molecule has 0 heterocycles. The molecule has 2 unspecified atom stereocenters. The molecule has 0 aliphatic heterocycles. The topological polar surface area (TPSA) is 87.4 Å². The van der Waals surface area contributed by atoms with Gasteiger partial charge in [-0.1, -0.05) is 6.92 Å². The van der Waals surface area contributed by atoms with Crippen LogP contribution in [-0.2, 0) is 0 Å². The third-order valence-corrected chi connectivity index (χ3v) is 2.70. The quantitative estimate of drug-likeness (QED) is 0.357. The van der Waals surface area contributed by atoms with Crippen LogP contribution in [0.25, 0.3) is 0 Å². The summed E-state index contributed by atoms with van der Waals surface area (Å²) in [5, 5.41) is 36.4. The van der Waals surface area contributed by atoms with Crippen molar-refractivity contribution in [2.24, 2.45) is 0 Å². The molecule has 0 saturated carbocycles. The van der Waals surface area contributed by atoms with Crippen LogP contribution in [0.2, 0.25) is 0 Å². The van der Waals surface area contributed by atoms with Crippen molar-refractivity contribution in [3.63, 3.8) is 0 Å². The van der Waals surface area contributed by atoms with Crippen molar-refractivity contribution in [2.75, 3.05) is 53.0 Å². The van der Waals surface area contributed by atoms with Crippen LogP contribution in [0.1, 0.15) is 6.92 Å². The maximum Gasteiger partial charge on any atom is 0.0897 e. The van der Waals surface area contributed by atoms with Crippen LogP contribution >= 0.6 is 0 Å². The van der Waals surface area contributed by atoms with E-state index in [2.05, 4.69) is 11.8 Å². The molecular formula is C11H26N2O4. The lowest BCUT2D eigenvalue weighted by Gasteiger charge is -2.27. The van der Waals surface area contributed by atoms with Crippen molar-refractivity contribution in [3.8, 4) is 0 Å². The summed E-state index contributed by atoms with van der Waals surface area (Å²) < 4.78 is 0. The van der Waals surface area contributed by atoms with Gasteiger partial charge in [0.05, 0.1) is 25.4 Å². The Morgan fingerprint density at radius 2 is 1.41 bits per heavy atom. The third kappa shape index (κ3) is 8.48. The van der Waals surface area contributed by atoms with E-state index in [0.717, 1.165) is 13.1 Å². The normalized spacial score (nSPS) is 15.5. The van der Waals surface area contributed by atoms with Gasteiger partial charge in [-0.3, -0.25) is 4.90 Å². The summed E-state index contributed by atoms with van der Waals surface area (Å²) in [4.78, 5) is 3.96. The minimum atomic E-state index is -0.812.